The average Bonchev–Trinajstić information content (AvgIpc) is 3.39. The molecule has 0 aliphatic carbocycles. The Morgan fingerprint density at radius 3 is 2.29 bits per heavy atom. The first-order chi connectivity index (χ1) is 18.7. The number of anilines is 1. The monoisotopic (exact) mass is 496 g/mol. The molecule has 0 unspecified atom stereocenters. The fraction of sp³-hybridized carbons (Fsp3) is 0.0323. The molecule has 184 valence electrons. The number of aryl methyl sites for hydroxylation is 1. The summed E-state index contributed by atoms with van der Waals surface area (Å²) >= 11 is 0. The largest absolute Gasteiger partial charge is 0.268 e. The topological polar surface area (TPSA) is 77.1 Å². The molecule has 0 radical (unpaired) electrons. The summed E-state index contributed by atoms with van der Waals surface area (Å²) in [5.41, 5.74) is 8.70. The maximum absolute atomic E-state index is 13.6. The Balaban J connectivity index is 1.44. The van der Waals surface area contributed by atoms with E-state index in [1.165, 1.54) is 0 Å². The van der Waals surface area contributed by atoms with Crippen LogP contribution in [-0.2, 0) is 0 Å². The lowest BCUT2D eigenvalue weighted by molar-refractivity contribution is 0.884. The first-order valence-electron chi connectivity index (χ1n) is 12.3. The lowest BCUT2D eigenvalue weighted by Crippen LogP contribution is -2.23. The van der Waals surface area contributed by atoms with Crippen molar-refractivity contribution in [2.75, 3.05) is 5.43 Å². The van der Waals surface area contributed by atoms with E-state index in [2.05, 4.69) is 10.5 Å². The van der Waals surface area contributed by atoms with Crippen LogP contribution in [0.5, 0.6) is 0 Å². The van der Waals surface area contributed by atoms with Crippen molar-refractivity contribution in [2.24, 2.45) is 5.10 Å². The molecule has 0 atom stereocenters. The van der Waals surface area contributed by atoms with E-state index in [1.54, 1.807) is 16.8 Å². The van der Waals surface area contributed by atoms with Crippen molar-refractivity contribution >= 4 is 23.1 Å². The van der Waals surface area contributed by atoms with Gasteiger partial charge >= 0.3 is 0 Å². The molecule has 0 saturated carbocycles. The van der Waals surface area contributed by atoms with Crippen LogP contribution in [0.15, 0.2) is 125 Å². The van der Waals surface area contributed by atoms with E-state index in [4.69, 9.17) is 10.1 Å². The summed E-state index contributed by atoms with van der Waals surface area (Å²) in [6.07, 6.45) is 3.64. The van der Waals surface area contributed by atoms with E-state index >= 15 is 0 Å². The first kappa shape index (κ1) is 23.1. The van der Waals surface area contributed by atoms with Gasteiger partial charge in [0.05, 0.1) is 28.5 Å². The summed E-state index contributed by atoms with van der Waals surface area (Å²) in [5, 5.41) is 9.90. The predicted molar refractivity (Wildman–Crippen MR) is 152 cm³/mol. The number of fused-ring (bicyclic) bond motifs is 1. The minimum absolute atomic E-state index is 0.163. The van der Waals surface area contributed by atoms with E-state index in [1.807, 2.05) is 121 Å². The van der Waals surface area contributed by atoms with Crippen LogP contribution < -0.4 is 11.0 Å². The Morgan fingerprint density at radius 1 is 0.816 bits per heavy atom. The first-order valence-corrected chi connectivity index (χ1v) is 12.3. The van der Waals surface area contributed by atoms with Gasteiger partial charge in [-0.15, -0.1) is 0 Å². The molecule has 7 heteroatoms. The lowest BCUT2D eigenvalue weighted by atomic mass is 10.1. The highest BCUT2D eigenvalue weighted by atomic mass is 16.1. The van der Waals surface area contributed by atoms with Gasteiger partial charge in [-0.2, -0.15) is 10.2 Å². The minimum Gasteiger partial charge on any atom is -0.268 e. The van der Waals surface area contributed by atoms with Gasteiger partial charge in [0, 0.05) is 17.3 Å². The number of rotatable bonds is 6. The maximum atomic E-state index is 13.6. The van der Waals surface area contributed by atoms with Crippen molar-refractivity contribution in [3.63, 3.8) is 0 Å². The van der Waals surface area contributed by atoms with Gasteiger partial charge in [0.2, 0.25) is 5.95 Å². The zero-order chi connectivity index (χ0) is 25.9. The van der Waals surface area contributed by atoms with Gasteiger partial charge in [-0.25, -0.2) is 19.7 Å². The molecule has 0 spiro atoms. The van der Waals surface area contributed by atoms with Crippen molar-refractivity contribution in [1.82, 2.24) is 19.3 Å². The molecule has 0 saturated heterocycles. The molecule has 0 amide bonds. The van der Waals surface area contributed by atoms with Crippen molar-refractivity contribution in [2.45, 2.75) is 6.92 Å². The number of hydrogen-bond donors (Lipinski definition) is 1. The summed E-state index contributed by atoms with van der Waals surface area (Å²) in [7, 11) is 0. The van der Waals surface area contributed by atoms with Crippen LogP contribution >= 0.6 is 0 Å². The normalized spacial score (nSPS) is 11.3. The highest BCUT2D eigenvalue weighted by Gasteiger charge is 2.15. The number of aromatic nitrogens is 4. The molecular weight excluding hydrogens is 472 g/mol. The number of nitrogens with one attached hydrogen (secondary N) is 1. The van der Waals surface area contributed by atoms with Gasteiger partial charge in [0.15, 0.2) is 0 Å². The Bertz CT molecular complexity index is 1820. The van der Waals surface area contributed by atoms with Crippen LogP contribution in [-0.4, -0.2) is 25.5 Å². The van der Waals surface area contributed by atoms with E-state index in [-0.39, 0.29) is 5.56 Å². The molecule has 6 rings (SSSR count). The molecule has 0 aliphatic rings. The molecule has 0 bridgehead atoms. The van der Waals surface area contributed by atoms with Crippen molar-refractivity contribution in [3.8, 4) is 22.6 Å². The number of nitrogens with zero attached hydrogens (tertiary/aromatic N) is 5. The Labute approximate surface area is 219 Å². The number of benzene rings is 4. The highest BCUT2D eigenvalue weighted by molar-refractivity contribution is 5.89. The third kappa shape index (κ3) is 4.37. The highest BCUT2D eigenvalue weighted by Crippen LogP contribution is 2.23. The Kier molecular flexibility index (Phi) is 6.08. The zero-order valence-electron chi connectivity index (χ0n) is 20.7. The second-order valence-electron chi connectivity index (χ2n) is 8.83. The molecular formula is C31H24N6O. The summed E-state index contributed by atoms with van der Waals surface area (Å²) in [6, 6.07) is 34.9. The van der Waals surface area contributed by atoms with Crippen molar-refractivity contribution in [3.05, 3.63) is 137 Å². The van der Waals surface area contributed by atoms with E-state index in [9.17, 15) is 4.79 Å². The van der Waals surface area contributed by atoms with Gasteiger partial charge in [0.25, 0.3) is 5.56 Å². The fourth-order valence-electron chi connectivity index (χ4n) is 4.42. The van der Waals surface area contributed by atoms with Gasteiger partial charge in [-0.3, -0.25) is 4.79 Å². The van der Waals surface area contributed by atoms with Gasteiger partial charge in [-0.1, -0.05) is 78.9 Å². The van der Waals surface area contributed by atoms with Crippen LogP contribution in [0.1, 0.15) is 11.1 Å². The van der Waals surface area contributed by atoms with E-state index < -0.39 is 0 Å². The van der Waals surface area contributed by atoms with Crippen LogP contribution in [0, 0.1) is 6.92 Å². The van der Waals surface area contributed by atoms with Crippen molar-refractivity contribution < 1.29 is 0 Å². The second-order valence-corrected chi connectivity index (χ2v) is 8.83. The minimum atomic E-state index is -0.163. The van der Waals surface area contributed by atoms with E-state index in [0.29, 0.717) is 16.9 Å². The molecule has 4 aromatic carbocycles. The van der Waals surface area contributed by atoms with Crippen LogP contribution in [0.3, 0.4) is 0 Å². The Hall–Kier alpha value is -5.30. The molecule has 2 aromatic heterocycles. The standard InChI is InChI=1S/C31H24N6O/c1-22-12-8-11-19-28(22)37-30(38)26-17-9-10-18-27(26)33-31(37)34-32-20-24-21-36(25-15-6-3-7-16-25)35-29(24)23-13-4-2-5-14-23/h2-21H,1H3,(H,33,34). The van der Waals surface area contributed by atoms with E-state index in [0.717, 1.165) is 33.8 Å². The number of hydrazone groups is 1. The molecule has 6 aromatic rings. The van der Waals surface area contributed by atoms with Gasteiger partial charge in [-0.05, 0) is 42.8 Å². The lowest BCUT2D eigenvalue weighted by Gasteiger charge is -2.14. The number of hydrogen-bond acceptors (Lipinski definition) is 5. The maximum Gasteiger partial charge on any atom is 0.267 e. The quantitative estimate of drug-likeness (QED) is 0.227. The zero-order valence-corrected chi connectivity index (χ0v) is 20.7. The van der Waals surface area contributed by atoms with Gasteiger partial charge < -0.3 is 0 Å². The second kappa shape index (κ2) is 9.99. The van der Waals surface area contributed by atoms with Crippen molar-refractivity contribution in [1.29, 1.82) is 0 Å². The molecule has 0 aliphatic heterocycles. The smallest absolute Gasteiger partial charge is 0.267 e. The van der Waals surface area contributed by atoms with Crippen LogP contribution in [0.2, 0.25) is 0 Å². The third-order valence-electron chi connectivity index (χ3n) is 6.31. The molecule has 38 heavy (non-hydrogen) atoms. The van der Waals surface area contributed by atoms with Gasteiger partial charge in [0.1, 0.15) is 5.69 Å². The summed E-state index contributed by atoms with van der Waals surface area (Å²) in [4.78, 5) is 18.3. The fourth-order valence-corrected chi connectivity index (χ4v) is 4.42. The molecule has 1 N–H and O–H groups in total. The summed E-state index contributed by atoms with van der Waals surface area (Å²) in [6.45, 7) is 1.97. The molecule has 0 fully saturated rings. The summed E-state index contributed by atoms with van der Waals surface area (Å²) in [5.74, 6) is 0.330. The SMILES string of the molecule is Cc1ccccc1-n1c(NN=Cc2cn(-c3ccccc3)nc2-c2ccccc2)nc2ccccc2c1=O. The van der Waals surface area contributed by atoms with Crippen LogP contribution in [0.25, 0.3) is 33.5 Å². The van der Waals surface area contributed by atoms with Crippen LogP contribution in [0.4, 0.5) is 5.95 Å². The Morgan fingerprint density at radius 2 is 1.50 bits per heavy atom. The summed E-state index contributed by atoms with van der Waals surface area (Å²) < 4.78 is 3.40. The average molecular weight is 497 g/mol. The predicted octanol–water partition coefficient (Wildman–Crippen LogP) is 5.99. The molecule has 7 nitrogen and oxygen atoms in total. The third-order valence-corrected chi connectivity index (χ3v) is 6.31. The number of para-hydroxylation sites is 3. The molecule has 2 heterocycles.